The van der Waals surface area contributed by atoms with Crippen molar-refractivity contribution < 1.29 is 28.5 Å². The summed E-state index contributed by atoms with van der Waals surface area (Å²) in [5.41, 5.74) is -0.700. The van der Waals surface area contributed by atoms with E-state index in [9.17, 15) is 9.59 Å². The standard InChI is InChI=1S/C13H16O6S/c1-9(14)16-5-13(6-17-10(2)15)7-18-11-3-20-4-12(11)19-8-13/h3-4H,5-8H2,1-2H3. The number of hydrogen-bond donors (Lipinski definition) is 0. The summed E-state index contributed by atoms with van der Waals surface area (Å²) in [5.74, 6) is 0.515. The Morgan fingerprint density at radius 2 is 1.55 bits per heavy atom. The maximum atomic E-state index is 11.0. The molecule has 0 spiro atoms. The molecule has 1 aromatic heterocycles. The number of thiophene rings is 1. The zero-order valence-electron chi connectivity index (χ0n) is 11.3. The molecule has 2 rings (SSSR count). The molecule has 0 atom stereocenters. The van der Waals surface area contributed by atoms with E-state index in [1.54, 1.807) is 0 Å². The molecule has 0 N–H and O–H groups in total. The highest BCUT2D eigenvalue weighted by Gasteiger charge is 2.38. The van der Waals surface area contributed by atoms with Crippen molar-refractivity contribution in [2.45, 2.75) is 13.8 Å². The molecule has 6 nitrogen and oxygen atoms in total. The van der Waals surface area contributed by atoms with Crippen LogP contribution < -0.4 is 9.47 Å². The van der Waals surface area contributed by atoms with E-state index in [1.165, 1.54) is 25.2 Å². The number of carbonyl (C=O) groups is 2. The number of rotatable bonds is 4. The average molecular weight is 300 g/mol. The van der Waals surface area contributed by atoms with Crippen LogP contribution in [0.1, 0.15) is 13.8 Å². The first-order chi connectivity index (χ1) is 9.51. The molecule has 2 heterocycles. The molecule has 0 unspecified atom stereocenters. The topological polar surface area (TPSA) is 71.1 Å². The van der Waals surface area contributed by atoms with Gasteiger partial charge in [0.2, 0.25) is 0 Å². The second-order valence-electron chi connectivity index (χ2n) is 4.74. The van der Waals surface area contributed by atoms with Gasteiger partial charge in [-0.25, -0.2) is 0 Å². The summed E-state index contributed by atoms with van der Waals surface area (Å²) in [5, 5.41) is 3.67. The molecular weight excluding hydrogens is 284 g/mol. The van der Waals surface area contributed by atoms with E-state index in [1.807, 2.05) is 10.8 Å². The monoisotopic (exact) mass is 300 g/mol. The van der Waals surface area contributed by atoms with Gasteiger partial charge >= 0.3 is 11.9 Å². The first kappa shape index (κ1) is 14.6. The van der Waals surface area contributed by atoms with Crippen LogP contribution in [-0.4, -0.2) is 38.4 Å². The van der Waals surface area contributed by atoms with Crippen LogP contribution in [0, 0.1) is 5.41 Å². The second-order valence-corrected chi connectivity index (χ2v) is 5.48. The lowest BCUT2D eigenvalue weighted by Crippen LogP contribution is -2.43. The first-order valence-corrected chi connectivity index (χ1v) is 7.04. The van der Waals surface area contributed by atoms with E-state index < -0.39 is 17.4 Å². The highest BCUT2D eigenvalue weighted by molar-refractivity contribution is 7.08. The Morgan fingerprint density at radius 3 is 1.95 bits per heavy atom. The lowest BCUT2D eigenvalue weighted by atomic mass is 9.92. The lowest BCUT2D eigenvalue weighted by molar-refractivity contribution is -0.154. The van der Waals surface area contributed by atoms with Gasteiger partial charge in [-0.1, -0.05) is 0 Å². The maximum absolute atomic E-state index is 11.0. The molecule has 0 saturated heterocycles. The summed E-state index contributed by atoms with van der Waals surface area (Å²) < 4.78 is 21.5. The molecule has 7 heteroatoms. The van der Waals surface area contributed by atoms with Gasteiger partial charge in [0.05, 0.1) is 0 Å². The van der Waals surface area contributed by atoms with Crippen molar-refractivity contribution in [3.63, 3.8) is 0 Å². The van der Waals surface area contributed by atoms with E-state index in [0.29, 0.717) is 11.5 Å². The molecule has 0 fully saturated rings. The number of ether oxygens (including phenoxy) is 4. The van der Waals surface area contributed by atoms with E-state index in [4.69, 9.17) is 18.9 Å². The molecule has 0 aliphatic carbocycles. The molecule has 0 saturated carbocycles. The Kier molecular flexibility index (Phi) is 4.49. The molecule has 1 aliphatic rings. The lowest BCUT2D eigenvalue weighted by Gasteiger charge is -2.29. The molecule has 0 radical (unpaired) electrons. The van der Waals surface area contributed by atoms with Gasteiger partial charge in [0.1, 0.15) is 31.8 Å². The Morgan fingerprint density at radius 1 is 1.10 bits per heavy atom. The summed E-state index contributed by atoms with van der Waals surface area (Å²) in [6.45, 7) is 3.30. The van der Waals surface area contributed by atoms with Crippen molar-refractivity contribution >= 4 is 23.3 Å². The van der Waals surface area contributed by atoms with E-state index >= 15 is 0 Å². The Balaban J connectivity index is 2.08. The first-order valence-electron chi connectivity index (χ1n) is 6.09. The normalized spacial score (nSPS) is 16.1. The fourth-order valence-corrected chi connectivity index (χ4v) is 2.39. The Bertz CT molecular complexity index is 452. The van der Waals surface area contributed by atoms with Gasteiger partial charge < -0.3 is 18.9 Å². The van der Waals surface area contributed by atoms with E-state index in [2.05, 4.69) is 0 Å². The third-order valence-electron chi connectivity index (χ3n) is 2.82. The van der Waals surface area contributed by atoms with Gasteiger partial charge in [0, 0.05) is 24.6 Å². The summed E-state index contributed by atoms with van der Waals surface area (Å²) in [6.07, 6.45) is 0. The fourth-order valence-electron chi connectivity index (χ4n) is 1.71. The predicted molar refractivity (Wildman–Crippen MR) is 71.0 cm³/mol. The van der Waals surface area contributed by atoms with Crippen molar-refractivity contribution in [2.75, 3.05) is 26.4 Å². The third kappa shape index (κ3) is 3.63. The van der Waals surface area contributed by atoms with Crippen LogP contribution in [0.2, 0.25) is 0 Å². The molecule has 1 aliphatic heterocycles. The summed E-state index contributed by atoms with van der Waals surface area (Å²) >= 11 is 1.48. The van der Waals surface area contributed by atoms with Crippen molar-refractivity contribution in [2.24, 2.45) is 5.41 Å². The van der Waals surface area contributed by atoms with Crippen molar-refractivity contribution in [3.05, 3.63) is 10.8 Å². The molecule has 0 aromatic carbocycles. The summed E-state index contributed by atoms with van der Waals surface area (Å²) in [7, 11) is 0. The zero-order valence-corrected chi connectivity index (χ0v) is 12.2. The Hall–Kier alpha value is -1.76. The minimum Gasteiger partial charge on any atom is -0.488 e. The van der Waals surface area contributed by atoms with Gasteiger partial charge in [-0.2, -0.15) is 0 Å². The molecular formula is C13H16O6S. The fraction of sp³-hybridized carbons (Fsp3) is 0.538. The summed E-state index contributed by atoms with van der Waals surface area (Å²) in [4.78, 5) is 22.0. The molecule has 1 aromatic rings. The predicted octanol–water partition coefficient (Wildman–Crippen LogP) is 1.63. The summed E-state index contributed by atoms with van der Waals surface area (Å²) in [6, 6.07) is 0. The van der Waals surface area contributed by atoms with Crippen molar-refractivity contribution in [1.82, 2.24) is 0 Å². The van der Waals surface area contributed by atoms with Crippen LogP contribution in [0.5, 0.6) is 11.5 Å². The zero-order chi connectivity index (χ0) is 14.6. The third-order valence-corrected chi connectivity index (χ3v) is 3.52. The van der Waals surface area contributed by atoms with E-state index in [0.717, 1.165) is 0 Å². The van der Waals surface area contributed by atoms with Crippen LogP contribution in [-0.2, 0) is 19.1 Å². The number of fused-ring (bicyclic) bond motifs is 1. The SMILES string of the molecule is CC(=O)OCC1(COC(C)=O)COc2cscc2OC1. The smallest absolute Gasteiger partial charge is 0.302 e. The molecule has 110 valence electrons. The quantitative estimate of drug-likeness (QED) is 0.787. The average Bonchev–Trinajstić information content (AvgIpc) is 2.78. The van der Waals surface area contributed by atoms with Gasteiger partial charge in [-0.05, 0) is 0 Å². The Labute approximate surface area is 120 Å². The highest BCUT2D eigenvalue weighted by Crippen LogP contribution is 2.37. The molecule has 20 heavy (non-hydrogen) atoms. The van der Waals surface area contributed by atoms with Crippen LogP contribution in [0.15, 0.2) is 10.8 Å². The van der Waals surface area contributed by atoms with Gasteiger partial charge in [0.25, 0.3) is 0 Å². The van der Waals surface area contributed by atoms with Crippen molar-refractivity contribution in [3.8, 4) is 11.5 Å². The molecule has 0 bridgehead atoms. The van der Waals surface area contributed by atoms with Crippen molar-refractivity contribution in [1.29, 1.82) is 0 Å². The van der Waals surface area contributed by atoms with Crippen LogP contribution in [0.25, 0.3) is 0 Å². The van der Waals surface area contributed by atoms with Gasteiger partial charge in [-0.3, -0.25) is 9.59 Å². The largest absolute Gasteiger partial charge is 0.488 e. The number of hydrogen-bond acceptors (Lipinski definition) is 7. The van der Waals surface area contributed by atoms with Gasteiger partial charge in [-0.15, -0.1) is 11.3 Å². The van der Waals surface area contributed by atoms with E-state index in [-0.39, 0.29) is 26.4 Å². The van der Waals surface area contributed by atoms with Crippen LogP contribution >= 0.6 is 11.3 Å². The minimum atomic E-state index is -0.700. The van der Waals surface area contributed by atoms with Crippen LogP contribution in [0.3, 0.4) is 0 Å². The number of carbonyl (C=O) groups excluding carboxylic acids is 2. The molecule has 0 amide bonds. The highest BCUT2D eigenvalue weighted by atomic mass is 32.1. The number of esters is 2. The van der Waals surface area contributed by atoms with Gasteiger partial charge in [0.15, 0.2) is 11.5 Å². The minimum absolute atomic E-state index is 0.0727. The second kappa shape index (κ2) is 6.13. The maximum Gasteiger partial charge on any atom is 0.302 e. The van der Waals surface area contributed by atoms with Crippen LogP contribution in [0.4, 0.5) is 0 Å².